The van der Waals surface area contributed by atoms with Crippen LogP contribution in [0.25, 0.3) is 22.8 Å². The molecule has 0 aliphatic heterocycles. The standard InChI is InChI=1S/C25H21F3N6O4S/c1-16-22(21-10-11-31-34(21)19-8-6-17(15-29)7-9-19)33(23(35)30-12-13-39(2,37)38)24(36)32(16)20-5-3-4-18(14-20)25(26,27)28/h3-11,14H,12-13H2,1-2H3,(H,30,35). The van der Waals surface area contributed by atoms with E-state index in [1.165, 1.54) is 29.9 Å². The molecular formula is C25H21F3N6O4S. The molecule has 2 heterocycles. The number of aromatic nitrogens is 4. The number of rotatable bonds is 6. The summed E-state index contributed by atoms with van der Waals surface area (Å²) >= 11 is 0. The second kappa shape index (κ2) is 10.3. The van der Waals surface area contributed by atoms with Gasteiger partial charge in [0.15, 0.2) is 0 Å². The molecule has 0 bridgehead atoms. The van der Waals surface area contributed by atoms with Crippen molar-refractivity contribution in [2.45, 2.75) is 13.1 Å². The molecule has 10 nitrogen and oxygen atoms in total. The minimum Gasteiger partial charge on any atom is -0.336 e. The van der Waals surface area contributed by atoms with E-state index >= 15 is 0 Å². The van der Waals surface area contributed by atoms with Gasteiger partial charge in [0.25, 0.3) is 0 Å². The summed E-state index contributed by atoms with van der Waals surface area (Å²) < 4.78 is 66.4. The van der Waals surface area contributed by atoms with Crippen molar-refractivity contribution in [3.8, 4) is 28.8 Å². The van der Waals surface area contributed by atoms with Gasteiger partial charge in [-0.25, -0.2) is 27.3 Å². The third-order valence-electron chi connectivity index (χ3n) is 5.79. The number of nitriles is 1. The zero-order valence-corrected chi connectivity index (χ0v) is 21.4. The Labute approximate surface area is 220 Å². The van der Waals surface area contributed by atoms with Gasteiger partial charge in [-0.3, -0.25) is 4.57 Å². The number of sulfone groups is 1. The number of amides is 1. The number of carbonyl (C=O) groups is 1. The summed E-state index contributed by atoms with van der Waals surface area (Å²) in [5.74, 6) is -0.390. The van der Waals surface area contributed by atoms with Crippen LogP contribution in [0.1, 0.15) is 16.8 Å². The summed E-state index contributed by atoms with van der Waals surface area (Å²) in [6, 6.07) is 12.9. The zero-order valence-electron chi connectivity index (χ0n) is 20.6. The second-order valence-electron chi connectivity index (χ2n) is 8.58. The van der Waals surface area contributed by atoms with Crippen LogP contribution in [-0.4, -0.2) is 51.9 Å². The molecule has 4 rings (SSSR count). The second-order valence-corrected chi connectivity index (χ2v) is 10.8. The van der Waals surface area contributed by atoms with Crippen LogP contribution in [0.5, 0.6) is 0 Å². The topological polar surface area (TPSA) is 132 Å². The molecule has 39 heavy (non-hydrogen) atoms. The molecule has 1 N–H and O–H groups in total. The van der Waals surface area contributed by atoms with Gasteiger partial charge in [-0.05, 0) is 55.5 Å². The first-order valence-corrected chi connectivity index (χ1v) is 13.4. The number of benzene rings is 2. The quantitative estimate of drug-likeness (QED) is 0.386. The van der Waals surface area contributed by atoms with E-state index in [0.29, 0.717) is 11.3 Å². The lowest BCUT2D eigenvalue weighted by molar-refractivity contribution is -0.137. The molecule has 2 aromatic carbocycles. The number of halogens is 3. The van der Waals surface area contributed by atoms with E-state index in [2.05, 4.69) is 10.4 Å². The first-order valence-electron chi connectivity index (χ1n) is 11.3. The minimum absolute atomic E-state index is 0.0242. The van der Waals surface area contributed by atoms with Crippen LogP contribution >= 0.6 is 0 Å². The van der Waals surface area contributed by atoms with E-state index in [-0.39, 0.29) is 35.1 Å². The molecule has 0 unspecified atom stereocenters. The maximum Gasteiger partial charge on any atom is 0.416 e. The number of hydrogen-bond acceptors (Lipinski definition) is 6. The Hall–Kier alpha value is -4.64. The van der Waals surface area contributed by atoms with Crippen molar-refractivity contribution in [2.24, 2.45) is 0 Å². The minimum atomic E-state index is -4.67. The maximum absolute atomic E-state index is 13.6. The van der Waals surface area contributed by atoms with E-state index in [9.17, 15) is 31.2 Å². The molecule has 0 atom stereocenters. The Morgan fingerprint density at radius 2 is 1.79 bits per heavy atom. The van der Waals surface area contributed by atoms with E-state index in [1.807, 2.05) is 6.07 Å². The number of alkyl halides is 3. The number of carbonyl (C=O) groups excluding carboxylic acids is 1. The predicted molar refractivity (Wildman–Crippen MR) is 136 cm³/mol. The first-order chi connectivity index (χ1) is 18.3. The molecular weight excluding hydrogens is 537 g/mol. The van der Waals surface area contributed by atoms with Crippen LogP contribution in [-0.2, 0) is 16.0 Å². The third kappa shape index (κ3) is 5.63. The van der Waals surface area contributed by atoms with Gasteiger partial charge in [0.1, 0.15) is 15.5 Å². The van der Waals surface area contributed by atoms with Gasteiger partial charge < -0.3 is 5.32 Å². The summed E-state index contributed by atoms with van der Waals surface area (Å²) in [6.45, 7) is 1.17. The first kappa shape index (κ1) is 27.4. The fourth-order valence-electron chi connectivity index (χ4n) is 4.01. The Balaban J connectivity index is 1.93. The van der Waals surface area contributed by atoms with Crippen LogP contribution in [0.2, 0.25) is 0 Å². The number of hydrogen-bond donors (Lipinski definition) is 1. The van der Waals surface area contributed by atoms with Crippen molar-refractivity contribution in [3.63, 3.8) is 0 Å². The Bertz CT molecular complexity index is 1760. The highest BCUT2D eigenvalue weighted by molar-refractivity contribution is 7.90. The molecule has 0 radical (unpaired) electrons. The van der Waals surface area contributed by atoms with Crippen molar-refractivity contribution in [1.82, 2.24) is 24.2 Å². The van der Waals surface area contributed by atoms with Gasteiger partial charge in [-0.1, -0.05) is 6.07 Å². The highest BCUT2D eigenvalue weighted by Crippen LogP contribution is 2.32. The van der Waals surface area contributed by atoms with Crippen molar-refractivity contribution < 1.29 is 26.4 Å². The Morgan fingerprint density at radius 1 is 1.10 bits per heavy atom. The molecule has 0 fully saturated rings. The molecule has 0 saturated carbocycles. The number of imidazole rings is 1. The van der Waals surface area contributed by atoms with Gasteiger partial charge in [0.05, 0.1) is 51.9 Å². The summed E-state index contributed by atoms with van der Waals surface area (Å²) in [7, 11) is -3.43. The van der Waals surface area contributed by atoms with Gasteiger partial charge in [-0.2, -0.15) is 23.5 Å². The molecule has 2 aromatic heterocycles. The maximum atomic E-state index is 13.6. The molecule has 0 saturated heterocycles. The van der Waals surface area contributed by atoms with Crippen molar-refractivity contribution >= 4 is 15.9 Å². The van der Waals surface area contributed by atoms with Crippen LogP contribution < -0.4 is 11.0 Å². The molecule has 0 spiro atoms. The third-order valence-corrected chi connectivity index (χ3v) is 6.74. The van der Waals surface area contributed by atoms with Crippen molar-refractivity contribution in [1.29, 1.82) is 5.26 Å². The average molecular weight is 559 g/mol. The molecule has 14 heteroatoms. The largest absolute Gasteiger partial charge is 0.416 e. The molecule has 0 aliphatic rings. The SMILES string of the molecule is Cc1c(-c2ccnn2-c2ccc(C#N)cc2)n(C(=O)NCCS(C)(=O)=O)c(=O)n1-c1cccc(C(F)(F)F)c1. The zero-order chi connectivity index (χ0) is 28.5. The Morgan fingerprint density at radius 3 is 2.41 bits per heavy atom. The van der Waals surface area contributed by atoms with E-state index in [0.717, 1.165) is 33.6 Å². The van der Waals surface area contributed by atoms with Gasteiger partial charge in [0, 0.05) is 12.8 Å². The lowest BCUT2D eigenvalue weighted by atomic mass is 10.2. The molecule has 0 aliphatic carbocycles. The van der Waals surface area contributed by atoms with Crippen LogP contribution in [0.4, 0.5) is 18.0 Å². The summed E-state index contributed by atoms with van der Waals surface area (Å²) in [5, 5.41) is 15.7. The fraction of sp³-hybridized carbons (Fsp3) is 0.200. The molecule has 1 amide bonds. The predicted octanol–water partition coefficient (Wildman–Crippen LogP) is 3.29. The molecule has 4 aromatic rings. The van der Waals surface area contributed by atoms with E-state index in [1.54, 1.807) is 24.3 Å². The normalized spacial score (nSPS) is 11.8. The lowest BCUT2D eigenvalue weighted by Crippen LogP contribution is -2.39. The van der Waals surface area contributed by atoms with Gasteiger partial charge in [-0.15, -0.1) is 0 Å². The van der Waals surface area contributed by atoms with Crippen molar-refractivity contribution in [3.05, 3.63) is 88.1 Å². The highest BCUT2D eigenvalue weighted by Gasteiger charge is 2.32. The lowest BCUT2D eigenvalue weighted by Gasteiger charge is -2.12. The van der Waals surface area contributed by atoms with Crippen molar-refractivity contribution in [2.75, 3.05) is 18.6 Å². The Kier molecular flexibility index (Phi) is 7.21. The summed E-state index contributed by atoms with van der Waals surface area (Å²) in [5.41, 5.74) is -0.798. The number of nitrogens with zero attached hydrogens (tertiary/aromatic N) is 5. The molecule has 202 valence electrons. The summed E-state index contributed by atoms with van der Waals surface area (Å²) in [6.07, 6.45) is -2.28. The monoisotopic (exact) mass is 558 g/mol. The van der Waals surface area contributed by atoms with Gasteiger partial charge >= 0.3 is 17.9 Å². The highest BCUT2D eigenvalue weighted by atomic mass is 32.2. The van der Waals surface area contributed by atoms with E-state index < -0.39 is 33.3 Å². The van der Waals surface area contributed by atoms with Crippen LogP contribution in [0.3, 0.4) is 0 Å². The fourth-order valence-corrected chi connectivity index (χ4v) is 4.48. The van der Waals surface area contributed by atoms with Crippen LogP contribution in [0, 0.1) is 18.3 Å². The average Bonchev–Trinajstić information content (AvgIpc) is 3.44. The smallest absolute Gasteiger partial charge is 0.336 e. The van der Waals surface area contributed by atoms with Gasteiger partial charge in [0.2, 0.25) is 0 Å². The van der Waals surface area contributed by atoms with E-state index in [4.69, 9.17) is 5.26 Å². The van der Waals surface area contributed by atoms with Crippen LogP contribution in [0.15, 0.2) is 65.6 Å². The number of nitrogens with one attached hydrogen (secondary N) is 1. The summed E-state index contributed by atoms with van der Waals surface area (Å²) in [4.78, 5) is 26.8.